The van der Waals surface area contributed by atoms with Gasteiger partial charge in [0.15, 0.2) is 25.0 Å². The SMILES string of the molecule is CCOC(=O)c1cn([C@H](CO[Si](C)(C)C(C)(C)C)C(C)(C)C)c2cc(F)c(C#Cc3ccc(F)cc3F)cc2c1=O.CCOC(=O)c1cn([C@H](CO[Si](C)(C)C(C)(C)C)C(C)(C)C)c2cc(F)c(CCc3ccc(F)cc3F)cc2c1=O.CCOC(=O)c1cn([C@H](CO[Si](C)(C)C(C)(C)C)C(C)(C)C)c2cc(F)c(I)cc2c1=O.COc1cc2c(cc1CCc1ccc(F)cc1F)c(=O)c(C(=O)O)cn2[C@H](CO)C(C)(C)C. The molecule has 0 fully saturated rings. The number of carbonyl (C=O) groups is 4. The van der Waals surface area contributed by atoms with Crippen LogP contribution in [0.15, 0.2) is 147 Å². The van der Waals surface area contributed by atoms with E-state index in [2.05, 4.69) is 134 Å². The van der Waals surface area contributed by atoms with Crippen molar-refractivity contribution in [3.63, 3.8) is 0 Å². The number of aliphatic hydroxyl groups excluding tert-OH is 1. The van der Waals surface area contributed by atoms with Crippen molar-refractivity contribution in [2.75, 3.05) is 53.4 Å². The van der Waals surface area contributed by atoms with Gasteiger partial charge in [-0.15, -0.1) is 0 Å². The number of pyridine rings is 4. The van der Waals surface area contributed by atoms with Crippen LogP contribution in [0, 0.1) is 89.4 Å². The molecule has 0 bridgehead atoms. The van der Waals surface area contributed by atoms with Crippen molar-refractivity contribution < 1.29 is 101 Å². The summed E-state index contributed by atoms with van der Waals surface area (Å²) in [5.74, 6) is -4.20. The minimum absolute atomic E-state index is 0.0271. The summed E-state index contributed by atoms with van der Waals surface area (Å²) in [6, 6.07) is 19.2. The largest absolute Gasteiger partial charge is 0.496 e. The molecule has 0 radical (unpaired) electrons. The quantitative estimate of drug-likeness (QED) is 0.0115. The molecule has 0 unspecified atom stereocenters. The average molecular weight is 2210 g/mol. The molecule has 11 rings (SSSR count). The highest BCUT2D eigenvalue weighted by Gasteiger charge is 2.44. The first-order valence-electron chi connectivity index (χ1n) is 48.9. The Hall–Kier alpha value is -10.8. The standard InChI is InChI=1S/C32H42F3NO4Si.C32H38F3NO4Si.C25H27F2NO5.C24H35FINO4Si/c2*1-10-39-30(38)24-18-36(28(31(2,3)4)19-40-41(8,9)32(5,6)7)27-17-26(35)21(15-23(27)29(24)37)12-11-20-13-14-22(33)16-25(20)34;1-25(2,3)22(13-29)28-12-18(24(31)32)23(30)17-9-15(21(33-4)11-20(17)28)6-5-14-7-8-16(26)10-19(14)27;1-10-30-22(29)16-13-27(19-12-17(25)18(26)11-15(19)21(16)28)20(23(2,3)4)14-31-32(8,9)24(5,6)7/h13-18,28H,10-12,19H2,1-9H3;13-18,28H,10,19H2,1-9H3;7-12,22,29H,5-6,13H2,1-4H3,(H,31,32);11-13,20H,10,14H2,1-9H3/t2*28-;22-;20-/m1111/s1. The van der Waals surface area contributed by atoms with Crippen LogP contribution in [-0.2, 0) is 53.2 Å². The number of halogens is 10. The van der Waals surface area contributed by atoms with Crippen LogP contribution in [-0.4, -0.2) is 131 Å². The maximum Gasteiger partial charge on any atom is 0.343 e. The molecule has 2 N–H and O–H groups in total. The highest BCUT2D eigenvalue weighted by molar-refractivity contribution is 14.1. The van der Waals surface area contributed by atoms with E-state index in [1.54, 1.807) is 46.6 Å². The number of hydrogen-bond acceptors (Lipinski definition) is 16. The number of aromatic nitrogens is 4. The van der Waals surface area contributed by atoms with E-state index in [4.69, 9.17) is 32.2 Å². The fourth-order valence-corrected chi connectivity index (χ4v) is 19.2. The molecule has 4 heterocycles. The van der Waals surface area contributed by atoms with Crippen LogP contribution in [0.25, 0.3) is 43.6 Å². The topological polar surface area (TPSA) is 261 Å². The zero-order chi connectivity index (χ0) is 111. The Balaban J connectivity index is 0.000000240. The Bertz CT molecular complexity index is 7060. The first-order chi connectivity index (χ1) is 67.7. The zero-order valence-electron chi connectivity index (χ0n) is 90.3. The average Bonchev–Trinajstić information content (AvgIpc) is 0.758. The molecule has 0 spiro atoms. The van der Waals surface area contributed by atoms with Crippen molar-refractivity contribution in [1.82, 2.24) is 18.3 Å². The number of carbonyl (C=O) groups excluding carboxylic acids is 3. The molecule has 0 saturated heterocycles. The lowest BCUT2D eigenvalue weighted by atomic mass is 9.86. The maximum atomic E-state index is 15.6. The van der Waals surface area contributed by atoms with Gasteiger partial charge in [0.25, 0.3) is 0 Å². The number of benzene rings is 7. The number of hydrogen-bond donors (Lipinski definition) is 2. The summed E-state index contributed by atoms with van der Waals surface area (Å²) in [6.07, 6.45) is 6.33. The minimum Gasteiger partial charge on any atom is -0.496 e. The number of fused-ring (bicyclic) bond motifs is 4. The van der Waals surface area contributed by atoms with E-state index in [-0.39, 0.29) is 152 Å². The number of esters is 3. The van der Waals surface area contributed by atoms with Gasteiger partial charge in [0.05, 0.1) is 111 Å². The van der Waals surface area contributed by atoms with E-state index in [9.17, 15) is 79.3 Å². The Labute approximate surface area is 872 Å². The van der Waals surface area contributed by atoms with Crippen LogP contribution >= 0.6 is 22.6 Å². The van der Waals surface area contributed by atoms with E-state index in [1.165, 1.54) is 86.5 Å². The van der Waals surface area contributed by atoms with E-state index in [0.29, 0.717) is 61.7 Å². The van der Waals surface area contributed by atoms with Crippen LogP contribution < -0.4 is 26.5 Å². The number of aryl methyl sites for hydroxylation is 4. The number of aliphatic hydroxyl groups is 1. The zero-order valence-corrected chi connectivity index (χ0v) is 95.5. The number of carboxylic acids is 1. The second-order valence-electron chi connectivity index (χ2n) is 45.6. The Morgan fingerprint density at radius 2 is 0.646 bits per heavy atom. The Kier molecular flexibility index (Phi) is 39.7. The molecule has 0 aliphatic heterocycles. The van der Waals surface area contributed by atoms with Crippen LogP contribution in [0.5, 0.6) is 5.75 Å². The van der Waals surface area contributed by atoms with Gasteiger partial charge in [-0.2, -0.15) is 0 Å². The minimum atomic E-state index is -2.19. The number of ether oxygens (including phenoxy) is 4. The molecule has 147 heavy (non-hydrogen) atoms. The molecular weight excluding hydrogens is 2070 g/mol. The van der Waals surface area contributed by atoms with E-state index in [0.717, 1.165) is 30.3 Å². The van der Waals surface area contributed by atoms with Crippen LogP contribution in [0.4, 0.5) is 39.5 Å². The third-order valence-electron chi connectivity index (χ3n) is 27.9. The van der Waals surface area contributed by atoms with Crippen LogP contribution in [0.2, 0.25) is 54.4 Å². The molecule has 4 atom stereocenters. The molecule has 34 heteroatoms. The summed E-state index contributed by atoms with van der Waals surface area (Å²) >= 11 is 1.86. The number of nitrogens with zero attached hydrogens (tertiary/aromatic N) is 4. The van der Waals surface area contributed by atoms with Crippen molar-refractivity contribution in [2.45, 2.75) is 270 Å². The predicted molar refractivity (Wildman–Crippen MR) is 577 cm³/mol. The fourth-order valence-electron chi connectivity index (χ4n) is 15.7. The monoisotopic (exact) mass is 2210 g/mol. The number of carboxylic acid groups (broad SMARTS) is 1. The summed E-state index contributed by atoms with van der Waals surface area (Å²) in [7, 11) is -4.97. The summed E-state index contributed by atoms with van der Waals surface area (Å²) in [5.41, 5.74) is -2.21. The lowest BCUT2D eigenvalue weighted by Crippen LogP contribution is -2.43. The van der Waals surface area contributed by atoms with Crippen LogP contribution in [0.1, 0.15) is 265 Å². The number of methoxy groups -OCH3 is 1. The van der Waals surface area contributed by atoms with Gasteiger partial charge in [-0.1, -0.05) is 169 Å². The first kappa shape index (κ1) is 121. The normalized spacial score (nSPS) is 13.3. The van der Waals surface area contributed by atoms with Gasteiger partial charge in [-0.25, -0.2) is 58.7 Å². The molecule has 0 amide bonds. The molecular formula is C113H142F9IN4O17Si3. The first-order valence-corrected chi connectivity index (χ1v) is 58.7. The molecule has 7 aromatic carbocycles. The van der Waals surface area contributed by atoms with Gasteiger partial charge in [-0.3, -0.25) is 19.2 Å². The van der Waals surface area contributed by atoms with Gasteiger partial charge >= 0.3 is 23.9 Å². The van der Waals surface area contributed by atoms with Gasteiger partial charge in [0.2, 0.25) is 21.7 Å². The van der Waals surface area contributed by atoms with Crippen molar-refractivity contribution in [1.29, 1.82) is 0 Å². The molecule has 798 valence electrons. The summed E-state index contributed by atoms with van der Waals surface area (Å²) in [5, 5.41) is 20.3. The van der Waals surface area contributed by atoms with E-state index in [1.807, 2.05) is 89.5 Å². The van der Waals surface area contributed by atoms with Crippen molar-refractivity contribution >= 4 is 115 Å². The second-order valence-corrected chi connectivity index (χ2v) is 61.2. The summed E-state index contributed by atoms with van der Waals surface area (Å²) in [4.78, 5) is 103. The fraction of sp³-hybridized carbons (Fsp3) is 0.469. The third-order valence-corrected chi connectivity index (χ3v) is 42.2. The third kappa shape index (κ3) is 29.5. The lowest BCUT2D eigenvalue weighted by Gasteiger charge is -2.40. The lowest BCUT2D eigenvalue weighted by molar-refractivity contribution is 0.0513. The van der Waals surface area contributed by atoms with Crippen molar-refractivity contribution in [3.8, 4) is 17.6 Å². The molecule has 11 aromatic rings. The Morgan fingerprint density at radius 1 is 0.361 bits per heavy atom. The van der Waals surface area contributed by atoms with Gasteiger partial charge in [0.1, 0.15) is 80.4 Å². The summed E-state index contributed by atoms with van der Waals surface area (Å²) in [6.45, 7) is 62.3. The van der Waals surface area contributed by atoms with Crippen molar-refractivity contribution in [2.24, 2.45) is 21.7 Å². The van der Waals surface area contributed by atoms with Gasteiger partial charge < -0.3 is 60.7 Å². The van der Waals surface area contributed by atoms with E-state index >= 15 is 8.78 Å². The van der Waals surface area contributed by atoms with E-state index < -0.39 is 157 Å². The number of aromatic carboxylic acids is 1. The predicted octanol–water partition coefficient (Wildman–Crippen LogP) is 26.5. The Morgan fingerprint density at radius 3 is 0.986 bits per heavy atom. The molecule has 21 nitrogen and oxygen atoms in total. The molecule has 4 aromatic heterocycles. The second kappa shape index (κ2) is 48.0. The molecule has 0 saturated carbocycles. The maximum absolute atomic E-state index is 15.6. The highest BCUT2D eigenvalue weighted by atomic mass is 127. The molecule has 0 aliphatic rings. The van der Waals surface area contributed by atoms with Crippen molar-refractivity contribution in [3.05, 3.63) is 280 Å². The van der Waals surface area contributed by atoms with Gasteiger partial charge in [-0.05, 0) is 234 Å². The molecule has 0 aliphatic carbocycles. The smallest absolute Gasteiger partial charge is 0.343 e. The highest BCUT2D eigenvalue weighted by Crippen LogP contribution is 2.46. The number of rotatable bonds is 28. The van der Waals surface area contributed by atoms with Gasteiger partial charge in [0, 0.05) is 74.2 Å². The summed E-state index contributed by atoms with van der Waals surface area (Å²) < 4.78 is 176. The van der Waals surface area contributed by atoms with Crippen LogP contribution in [0.3, 0.4) is 0 Å².